The molecule has 1 amide bonds. The largest absolute Gasteiger partial charge is 0.469 e. The van der Waals surface area contributed by atoms with E-state index in [1.807, 2.05) is 24.3 Å². The van der Waals surface area contributed by atoms with Gasteiger partial charge in [0, 0.05) is 39.1 Å². The summed E-state index contributed by atoms with van der Waals surface area (Å²) >= 11 is 0. The van der Waals surface area contributed by atoms with Gasteiger partial charge in [-0.15, -0.1) is 0 Å². The minimum atomic E-state index is -3.20. The van der Waals surface area contributed by atoms with Crippen molar-refractivity contribution >= 4 is 33.3 Å². The monoisotopic (exact) mass is 381 g/mol. The number of rotatable bonds is 4. The lowest BCUT2D eigenvalue weighted by molar-refractivity contribution is -0.145. The van der Waals surface area contributed by atoms with Crippen molar-refractivity contribution in [3.63, 3.8) is 0 Å². The number of carbonyl (C=O) groups excluding carboxylic acids is 2. The van der Waals surface area contributed by atoms with Crippen LogP contribution in [0.25, 0.3) is 0 Å². The number of para-hydroxylation sites is 2. The third-order valence-corrected chi connectivity index (χ3v) is 6.18. The van der Waals surface area contributed by atoms with E-state index in [1.165, 1.54) is 17.7 Å². The molecule has 142 valence electrons. The van der Waals surface area contributed by atoms with Crippen LogP contribution >= 0.6 is 0 Å². The highest BCUT2D eigenvalue weighted by Crippen LogP contribution is 2.34. The molecule has 8 nitrogen and oxygen atoms in total. The number of esters is 1. The van der Waals surface area contributed by atoms with Crippen molar-refractivity contribution in [3.05, 3.63) is 24.3 Å². The Hall–Kier alpha value is -2.13. The summed E-state index contributed by atoms with van der Waals surface area (Å²) in [7, 11) is -1.87. The number of sulfonamides is 1. The highest BCUT2D eigenvalue weighted by atomic mass is 32.2. The molecule has 0 radical (unpaired) electrons. The van der Waals surface area contributed by atoms with E-state index in [0.29, 0.717) is 32.7 Å². The van der Waals surface area contributed by atoms with Gasteiger partial charge in [-0.3, -0.25) is 9.59 Å². The Labute approximate surface area is 153 Å². The van der Waals surface area contributed by atoms with E-state index in [-0.39, 0.29) is 18.3 Å². The third kappa shape index (κ3) is 3.68. The van der Waals surface area contributed by atoms with Gasteiger partial charge >= 0.3 is 5.97 Å². The molecule has 0 aliphatic carbocycles. The molecule has 2 saturated heterocycles. The maximum atomic E-state index is 12.4. The van der Waals surface area contributed by atoms with Crippen LogP contribution < -0.4 is 9.80 Å². The van der Waals surface area contributed by atoms with E-state index in [0.717, 1.165) is 11.4 Å². The number of amides is 1. The standard InChI is InChI=1S/C17H23N3O5S/c1-25-17(22)13-11-16(21)20(12-13)15-6-4-3-5-14(15)18-7-9-19(10-8-18)26(2,23)24/h3-6,13H,7-12H2,1-2H3/t13-/m0/s1. The fraction of sp³-hybridized carbons (Fsp3) is 0.529. The predicted molar refractivity (Wildman–Crippen MR) is 97.5 cm³/mol. The molecule has 2 heterocycles. The van der Waals surface area contributed by atoms with Crippen molar-refractivity contribution < 1.29 is 22.7 Å². The predicted octanol–water partition coefficient (Wildman–Crippen LogP) is 0.294. The molecule has 1 aromatic rings. The van der Waals surface area contributed by atoms with Crippen LogP contribution in [0.15, 0.2) is 24.3 Å². The maximum absolute atomic E-state index is 12.4. The van der Waals surface area contributed by atoms with Crippen molar-refractivity contribution in [2.45, 2.75) is 6.42 Å². The van der Waals surface area contributed by atoms with Crippen LogP contribution in [-0.2, 0) is 24.3 Å². The van der Waals surface area contributed by atoms with Gasteiger partial charge in [0.1, 0.15) is 0 Å². The Morgan fingerprint density at radius 1 is 1.12 bits per heavy atom. The zero-order chi connectivity index (χ0) is 18.9. The first-order valence-corrected chi connectivity index (χ1v) is 10.3. The molecule has 0 unspecified atom stereocenters. The van der Waals surface area contributed by atoms with Gasteiger partial charge in [0.25, 0.3) is 0 Å². The number of ether oxygens (including phenoxy) is 1. The lowest BCUT2D eigenvalue weighted by Crippen LogP contribution is -2.48. The van der Waals surface area contributed by atoms with Crippen molar-refractivity contribution in [1.82, 2.24) is 4.31 Å². The Kier molecular flexibility index (Phi) is 5.19. The lowest BCUT2D eigenvalue weighted by Gasteiger charge is -2.36. The Balaban J connectivity index is 1.80. The summed E-state index contributed by atoms with van der Waals surface area (Å²) in [4.78, 5) is 27.9. The Morgan fingerprint density at radius 2 is 1.73 bits per heavy atom. The van der Waals surface area contributed by atoms with Crippen LogP contribution in [0.2, 0.25) is 0 Å². The van der Waals surface area contributed by atoms with Gasteiger partial charge in [-0.2, -0.15) is 4.31 Å². The van der Waals surface area contributed by atoms with E-state index < -0.39 is 15.9 Å². The Morgan fingerprint density at radius 3 is 2.31 bits per heavy atom. The first-order chi connectivity index (χ1) is 12.3. The zero-order valence-electron chi connectivity index (χ0n) is 14.9. The summed E-state index contributed by atoms with van der Waals surface area (Å²) in [5.74, 6) is -0.939. The number of benzene rings is 1. The molecule has 1 atom stereocenters. The molecule has 0 spiro atoms. The van der Waals surface area contributed by atoms with Gasteiger partial charge in [0.15, 0.2) is 0 Å². The number of nitrogens with zero attached hydrogens (tertiary/aromatic N) is 3. The number of piperazine rings is 1. The van der Waals surface area contributed by atoms with Crippen LogP contribution in [0.3, 0.4) is 0 Å². The third-order valence-electron chi connectivity index (χ3n) is 4.88. The van der Waals surface area contributed by atoms with Crippen LogP contribution in [0.4, 0.5) is 11.4 Å². The van der Waals surface area contributed by atoms with Gasteiger partial charge in [-0.1, -0.05) is 12.1 Å². The van der Waals surface area contributed by atoms with Gasteiger partial charge in [0.2, 0.25) is 15.9 Å². The number of anilines is 2. The Bertz CT molecular complexity index is 802. The average molecular weight is 381 g/mol. The van der Waals surface area contributed by atoms with Crippen LogP contribution in [0.1, 0.15) is 6.42 Å². The molecule has 3 rings (SSSR count). The SMILES string of the molecule is COC(=O)[C@H]1CC(=O)N(c2ccccc2N2CCN(S(C)(=O)=O)CC2)C1. The van der Waals surface area contributed by atoms with Crippen LogP contribution in [-0.4, -0.2) is 70.7 Å². The van der Waals surface area contributed by atoms with E-state index >= 15 is 0 Å². The minimum Gasteiger partial charge on any atom is -0.469 e. The second-order valence-corrected chi connectivity index (χ2v) is 8.55. The first-order valence-electron chi connectivity index (χ1n) is 8.48. The average Bonchev–Trinajstić information content (AvgIpc) is 3.02. The molecule has 0 bridgehead atoms. The van der Waals surface area contributed by atoms with E-state index in [2.05, 4.69) is 4.90 Å². The molecule has 1 aromatic carbocycles. The molecular formula is C17H23N3O5S. The fourth-order valence-corrected chi connectivity index (χ4v) is 4.31. The summed E-state index contributed by atoms with van der Waals surface area (Å²) in [5, 5.41) is 0. The molecule has 2 aliphatic heterocycles. The van der Waals surface area contributed by atoms with Crippen LogP contribution in [0, 0.1) is 5.92 Å². The van der Waals surface area contributed by atoms with E-state index in [1.54, 1.807) is 4.90 Å². The highest BCUT2D eigenvalue weighted by Gasteiger charge is 2.37. The molecule has 0 aromatic heterocycles. The van der Waals surface area contributed by atoms with Crippen molar-refractivity contribution in [2.75, 3.05) is 55.9 Å². The molecule has 9 heteroatoms. The van der Waals surface area contributed by atoms with Gasteiger partial charge in [-0.05, 0) is 12.1 Å². The highest BCUT2D eigenvalue weighted by molar-refractivity contribution is 7.88. The second kappa shape index (κ2) is 7.24. The molecule has 0 saturated carbocycles. The van der Waals surface area contributed by atoms with Crippen molar-refractivity contribution in [1.29, 1.82) is 0 Å². The van der Waals surface area contributed by atoms with E-state index in [9.17, 15) is 18.0 Å². The number of methoxy groups -OCH3 is 1. The lowest BCUT2D eigenvalue weighted by atomic mass is 10.1. The topological polar surface area (TPSA) is 87.2 Å². The van der Waals surface area contributed by atoms with Crippen molar-refractivity contribution in [2.24, 2.45) is 5.92 Å². The fourth-order valence-electron chi connectivity index (χ4n) is 3.49. The first kappa shape index (κ1) is 18.7. The quantitative estimate of drug-likeness (QED) is 0.697. The van der Waals surface area contributed by atoms with Crippen molar-refractivity contribution in [3.8, 4) is 0 Å². The van der Waals surface area contributed by atoms with E-state index in [4.69, 9.17) is 4.74 Å². The van der Waals surface area contributed by atoms with Crippen LogP contribution in [0.5, 0.6) is 0 Å². The summed E-state index contributed by atoms with van der Waals surface area (Å²) < 4.78 is 29.6. The molecule has 26 heavy (non-hydrogen) atoms. The summed E-state index contributed by atoms with van der Waals surface area (Å²) in [6, 6.07) is 7.52. The number of hydrogen-bond donors (Lipinski definition) is 0. The molecular weight excluding hydrogens is 358 g/mol. The maximum Gasteiger partial charge on any atom is 0.311 e. The molecule has 2 fully saturated rings. The molecule has 0 N–H and O–H groups in total. The minimum absolute atomic E-state index is 0.109. The normalized spacial score (nSPS) is 21.9. The number of carbonyl (C=O) groups is 2. The van der Waals surface area contributed by atoms with Gasteiger partial charge in [0.05, 0.1) is 30.7 Å². The second-order valence-electron chi connectivity index (χ2n) is 6.57. The zero-order valence-corrected chi connectivity index (χ0v) is 15.7. The molecule has 2 aliphatic rings. The van der Waals surface area contributed by atoms with Gasteiger partial charge in [-0.25, -0.2) is 8.42 Å². The summed E-state index contributed by atoms with van der Waals surface area (Å²) in [6.45, 7) is 2.21. The summed E-state index contributed by atoms with van der Waals surface area (Å²) in [5.41, 5.74) is 1.62. The smallest absolute Gasteiger partial charge is 0.311 e. The summed E-state index contributed by atoms with van der Waals surface area (Å²) in [6.07, 6.45) is 1.36. The van der Waals surface area contributed by atoms with Gasteiger partial charge < -0.3 is 14.5 Å². The number of hydrogen-bond acceptors (Lipinski definition) is 6.